The molecule has 3 rings (SSSR count). The third-order valence-electron chi connectivity index (χ3n) is 3.67. The zero-order valence-corrected chi connectivity index (χ0v) is 13.2. The first-order valence-corrected chi connectivity index (χ1v) is 7.73. The molecule has 0 bridgehead atoms. The minimum atomic E-state index is 0.0681. The molecule has 1 fully saturated rings. The zero-order chi connectivity index (χ0) is 14.7. The number of aromatic nitrogens is 1. The molecule has 1 aliphatic heterocycles. The van der Waals surface area contributed by atoms with Gasteiger partial charge in [-0.15, -0.1) is 0 Å². The van der Waals surface area contributed by atoms with E-state index >= 15 is 0 Å². The van der Waals surface area contributed by atoms with Gasteiger partial charge in [0.05, 0.1) is 5.56 Å². The van der Waals surface area contributed by atoms with Crippen LogP contribution in [0.5, 0.6) is 0 Å². The fraction of sp³-hybridized carbons (Fsp3) is 0.250. The summed E-state index contributed by atoms with van der Waals surface area (Å²) in [5, 5.41) is 0. The molecular formula is C16H16BrN3O. The Bertz CT molecular complexity index is 607. The number of rotatable bonds is 2. The average molecular weight is 346 g/mol. The third kappa shape index (κ3) is 3.24. The zero-order valence-electron chi connectivity index (χ0n) is 11.6. The molecule has 21 heavy (non-hydrogen) atoms. The molecule has 0 atom stereocenters. The lowest BCUT2D eigenvalue weighted by atomic mass is 10.2. The fourth-order valence-corrected chi connectivity index (χ4v) is 2.76. The quantitative estimate of drug-likeness (QED) is 0.839. The van der Waals surface area contributed by atoms with E-state index in [1.165, 1.54) is 5.69 Å². The van der Waals surface area contributed by atoms with E-state index in [0.717, 1.165) is 30.7 Å². The number of piperazine rings is 1. The van der Waals surface area contributed by atoms with Gasteiger partial charge in [-0.05, 0) is 36.4 Å². The molecule has 1 amide bonds. The van der Waals surface area contributed by atoms with Crippen molar-refractivity contribution in [3.05, 3.63) is 58.8 Å². The van der Waals surface area contributed by atoms with Crippen molar-refractivity contribution in [2.75, 3.05) is 31.1 Å². The molecule has 0 radical (unpaired) electrons. The van der Waals surface area contributed by atoms with Gasteiger partial charge in [0, 0.05) is 48.7 Å². The fourth-order valence-electron chi connectivity index (χ4n) is 2.49. The van der Waals surface area contributed by atoms with Crippen LogP contribution < -0.4 is 4.90 Å². The standard InChI is InChI=1S/C16H16BrN3O/c17-14-3-5-15(6-4-14)19-8-10-20(11-9-19)16(21)13-2-1-7-18-12-13/h1-7,12H,8-11H2. The van der Waals surface area contributed by atoms with Crippen LogP contribution in [0.25, 0.3) is 0 Å². The number of pyridine rings is 1. The van der Waals surface area contributed by atoms with Crippen molar-refractivity contribution in [3.8, 4) is 0 Å². The number of hydrogen-bond donors (Lipinski definition) is 0. The SMILES string of the molecule is O=C(c1cccnc1)N1CCN(c2ccc(Br)cc2)CC1. The van der Waals surface area contributed by atoms with Crippen LogP contribution in [0.2, 0.25) is 0 Å². The first-order chi connectivity index (χ1) is 10.2. The maximum atomic E-state index is 12.3. The van der Waals surface area contributed by atoms with Gasteiger partial charge >= 0.3 is 0 Å². The predicted octanol–water partition coefficient (Wildman–Crippen LogP) is 2.81. The van der Waals surface area contributed by atoms with Crippen LogP contribution in [-0.4, -0.2) is 42.0 Å². The Kier molecular flexibility index (Phi) is 4.20. The minimum Gasteiger partial charge on any atom is -0.368 e. The average Bonchev–Trinajstić information content (AvgIpc) is 2.56. The van der Waals surface area contributed by atoms with Crippen LogP contribution >= 0.6 is 15.9 Å². The molecule has 0 spiro atoms. The summed E-state index contributed by atoms with van der Waals surface area (Å²) in [7, 11) is 0. The van der Waals surface area contributed by atoms with Crippen LogP contribution in [0.15, 0.2) is 53.3 Å². The summed E-state index contributed by atoms with van der Waals surface area (Å²) in [6.45, 7) is 3.19. The Morgan fingerprint density at radius 2 is 1.76 bits per heavy atom. The van der Waals surface area contributed by atoms with Crippen molar-refractivity contribution >= 4 is 27.5 Å². The van der Waals surface area contributed by atoms with E-state index < -0.39 is 0 Å². The first kappa shape index (κ1) is 14.1. The first-order valence-electron chi connectivity index (χ1n) is 6.94. The monoisotopic (exact) mass is 345 g/mol. The number of nitrogens with zero attached hydrogens (tertiary/aromatic N) is 3. The summed E-state index contributed by atoms with van der Waals surface area (Å²) in [5.74, 6) is 0.0681. The highest BCUT2D eigenvalue weighted by molar-refractivity contribution is 9.10. The normalized spacial score (nSPS) is 15.1. The van der Waals surface area contributed by atoms with E-state index in [4.69, 9.17) is 0 Å². The molecule has 0 aliphatic carbocycles. The van der Waals surface area contributed by atoms with Crippen LogP contribution in [0.3, 0.4) is 0 Å². The molecule has 5 heteroatoms. The van der Waals surface area contributed by atoms with Gasteiger partial charge in [0.15, 0.2) is 0 Å². The molecule has 108 valence electrons. The lowest BCUT2D eigenvalue weighted by Crippen LogP contribution is -2.48. The van der Waals surface area contributed by atoms with Crippen molar-refractivity contribution in [3.63, 3.8) is 0 Å². The molecule has 4 nitrogen and oxygen atoms in total. The maximum absolute atomic E-state index is 12.3. The third-order valence-corrected chi connectivity index (χ3v) is 4.20. The van der Waals surface area contributed by atoms with Gasteiger partial charge in [0.2, 0.25) is 0 Å². The number of anilines is 1. The van der Waals surface area contributed by atoms with Gasteiger partial charge in [-0.1, -0.05) is 15.9 Å². The molecule has 1 aliphatic rings. The van der Waals surface area contributed by atoms with Crippen LogP contribution in [0.1, 0.15) is 10.4 Å². The van der Waals surface area contributed by atoms with Gasteiger partial charge in [-0.2, -0.15) is 0 Å². The lowest BCUT2D eigenvalue weighted by molar-refractivity contribution is 0.0746. The Balaban J connectivity index is 1.63. The number of carbonyl (C=O) groups is 1. The number of carbonyl (C=O) groups excluding carboxylic acids is 1. The van der Waals surface area contributed by atoms with Gasteiger partial charge in [0.25, 0.3) is 5.91 Å². The van der Waals surface area contributed by atoms with E-state index in [0.29, 0.717) is 5.56 Å². The molecule has 0 unspecified atom stereocenters. The summed E-state index contributed by atoms with van der Waals surface area (Å²) in [5.41, 5.74) is 1.86. The van der Waals surface area contributed by atoms with E-state index in [1.807, 2.05) is 23.1 Å². The summed E-state index contributed by atoms with van der Waals surface area (Å²) in [4.78, 5) is 20.6. The van der Waals surface area contributed by atoms with Crippen LogP contribution in [0.4, 0.5) is 5.69 Å². The van der Waals surface area contributed by atoms with Crippen molar-refractivity contribution < 1.29 is 4.79 Å². The Morgan fingerprint density at radius 1 is 1.05 bits per heavy atom. The molecule has 0 N–H and O–H groups in total. The number of hydrogen-bond acceptors (Lipinski definition) is 3. The molecule has 2 heterocycles. The van der Waals surface area contributed by atoms with Crippen LogP contribution in [-0.2, 0) is 0 Å². The summed E-state index contributed by atoms with van der Waals surface area (Å²) in [6, 6.07) is 11.9. The number of halogens is 1. The highest BCUT2D eigenvalue weighted by Gasteiger charge is 2.22. The number of amides is 1. The minimum absolute atomic E-state index is 0.0681. The second-order valence-electron chi connectivity index (χ2n) is 5.00. The van der Waals surface area contributed by atoms with Gasteiger partial charge in [-0.25, -0.2) is 0 Å². The smallest absolute Gasteiger partial charge is 0.255 e. The highest BCUT2D eigenvalue weighted by atomic mass is 79.9. The van der Waals surface area contributed by atoms with Crippen molar-refractivity contribution in [1.29, 1.82) is 0 Å². The molecule has 1 aromatic carbocycles. The Hall–Kier alpha value is -1.88. The predicted molar refractivity (Wildman–Crippen MR) is 86.5 cm³/mol. The van der Waals surface area contributed by atoms with Crippen LogP contribution in [0, 0.1) is 0 Å². The molecule has 0 saturated carbocycles. The van der Waals surface area contributed by atoms with Crippen molar-refractivity contribution in [1.82, 2.24) is 9.88 Å². The largest absolute Gasteiger partial charge is 0.368 e. The van der Waals surface area contributed by atoms with Gasteiger partial charge < -0.3 is 9.80 Å². The van der Waals surface area contributed by atoms with E-state index in [2.05, 4.69) is 37.9 Å². The summed E-state index contributed by atoms with van der Waals surface area (Å²) >= 11 is 3.45. The van der Waals surface area contributed by atoms with Gasteiger partial charge in [0.1, 0.15) is 0 Å². The van der Waals surface area contributed by atoms with E-state index in [9.17, 15) is 4.79 Å². The van der Waals surface area contributed by atoms with Crippen molar-refractivity contribution in [2.45, 2.75) is 0 Å². The van der Waals surface area contributed by atoms with E-state index in [1.54, 1.807) is 18.5 Å². The molecule has 1 saturated heterocycles. The summed E-state index contributed by atoms with van der Waals surface area (Å²) < 4.78 is 1.08. The molecular weight excluding hydrogens is 330 g/mol. The highest BCUT2D eigenvalue weighted by Crippen LogP contribution is 2.20. The van der Waals surface area contributed by atoms with Crippen molar-refractivity contribution in [2.24, 2.45) is 0 Å². The number of benzene rings is 1. The maximum Gasteiger partial charge on any atom is 0.255 e. The Morgan fingerprint density at radius 3 is 2.38 bits per heavy atom. The van der Waals surface area contributed by atoms with E-state index in [-0.39, 0.29) is 5.91 Å². The lowest BCUT2D eigenvalue weighted by Gasteiger charge is -2.36. The molecule has 2 aromatic rings. The summed E-state index contributed by atoms with van der Waals surface area (Å²) in [6.07, 6.45) is 3.31. The molecule has 1 aromatic heterocycles. The topological polar surface area (TPSA) is 36.4 Å². The Labute approximate surface area is 132 Å². The second kappa shape index (κ2) is 6.26. The second-order valence-corrected chi connectivity index (χ2v) is 5.91. The van der Waals surface area contributed by atoms with Gasteiger partial charge in [-0.3, -0.25) is 9.78 Å².